The Labute approximate surface area is 199 Å². The normalized spacial score (nSPS) is 10.9. The minimum Gasteiger partial charge on any atom is -0.490 e. The molecule has 7 heteroatoms. The molecule has 1 amide bonds. The molecule has 34 heavy (non-hydrogen) atoms. The van der Waals surface area contributed by atoms with Crippen molar-refractivity contribution in [3.63, 3.8) is 0 Å². The molecule has 0 unspecified atom stereocenters. The quantitative estimate of drug-likeness (QED) is 0.247. The summed E-state index contributed by atoms with van der Waals surface area (Å²) in [5.74, 6) is 2.03. The summed E-state index contributed by atoms with van der Waals surface area (Å²) < 4.78 is 22.6. The van der Waals surface area contributed by atoms with Crippen LogP contribution in [0.1, 0.15) is 29.4 Å². The van der Waals surface area contributed by atoms with Gasteiger partial charge in [0, 0.05) is 0 Å². The van der Waals surface area contributed by atoms with Crippen LogP contribution in [-0.2, 0) is 11.3 Å². The number of carbonyl (C=O) groups is 1. The minimum atomic E-state index is -0.485. The van der Waals surface area contributed by atoms with Gasteiger partial charge in [-0.3, -0.25) is 4.79 Å². The van der Waals surface area contributed by atoms with Crippen molar-refractivity contribution in [1.82, 2.24) is 5.32 Å². The Morgan fingerprint density at radius 3 is 2.47 bits per heavy atom. The van der Waals surface area contributed by atoms with Crippen LogP contribution in [0.25, 0.3) is 6.08 Å². The van der Waals surface area contributed by atoms with E-state index in [1.165, 1.54) is 17.9 Å². The Balaban J connectivity index is 1.62. The van der Waals surface area contributed by atoms with E-state index < -0.39 is 5.91 Å². The molecule has 176 valence electrons. The van der Waals surface area contributed by atoms with Gasteiger partial charge in [0.25, 0.3) is 5.91 Å². The lowest BCUT2D eigenvalue weighted by Crippen LogP contribution is -2.23. The predicted octanol–water partition coefficient (Wildman–Crippen LogP) is 4.98. The van der Waals surface area contributed by atoms with Crippen LogP contribution >= 0.6 is 0 Å². The molecule has 1 N–H and O–H groups in total. The molecule has 0 saturated heterocycles. The molecule has 3 aromatic rings. The second-order valence-electron chi connectivity index (χ2n) is 7.54. The van der Waals surface area contributed by atoms with E-state index in [1.54, 1.807) is 30.3 Å². The van der Waals surface area contributed by atoms with E-state index in [0.29, 0.717) is 42.6 Å². The number of carbonyl (C=O) groups excluding carboxylic acids is 1. The zero-order valence-electron chi connectivity index (χ0n) is 19.6. The van der Waals surface area contributed by atoms with Crippen LogP contribution in [0.3, 0.4) is 0 Å². The number of ether oxygens (including phenoxy) is 3. The summed E-state index contributed by atoms with van der Waals surface area (Å²) in [6, 6.07) is 16.7. The van der Waals surface area contributed by atoms with Gasteiger partial charge in [-0.1, -0.05) is 23.8 Å². The van der Waals surface area contributed by atoms with E-state index in [-0.39, 0.29) is 12.1 Å². The maximum atomic E-state index is 12.4. The average molecular weight is 461 g/mol. The van der Waals surface area contributed by atoms with Crippen molar-refractivity contribution in [3.05, 3.63) is 82.8 Å². The molecular weight excluding hydrogens is 432 g/mol. The second-order valence-corrected chi connectivity index (χ2v) is 7.54. The first-order valence-corrected chi connectivity index (χ1v) is 11.0. The van der Waals surface area contributed by atoms with Crippen molar-refractivity contribution >= 4 is 12.0 Å². The monoisotopic (exact) mass is 460 g/mol. The fraction of sp³-hybridized carbons (Fsp3) is 0.259. The SMILES string of the molecule is CCOc1cc(/C=C(\C#N)C(=O)NCc2ccco2)ccc1OCCOc1ccc(C)cc1C. The van der Waals surface area contributed by atoms with Crippen LogP contribution in [0.2, 0.25) is 0 Å². The van der Waals surface area contributed by atoms with Crippen LogP contribution in [-0.4, -0.2) is 25.7 Å². The van der Waals surface area contributed by atoms with E-state index in [0.717, 1.165) is 11.3 Å². The molecule has 0 bridgehead atoms. The highest BCUT2D eigenvalue weighted by Gasteiger charge is 2.12. The zero-order chi connectivity index (χ0) is 24.3. The predicted molar refractivity (Wildman–Crippen MR) is 129 cm³/mol. The molecular formula is C27H28N2O5. The fourth-order valence-electron chi connectivity index (χ4n) is 3.26. The van der Waals surface area contributed by atoms with Gasteiger partial charge >= 0.3 is 0 Å². The first-order valence-electron chi connectivity index (χ1n) is 11.0. The molecule has 0 radical (unpaired) electrons. The summed E-state index contributed by atoms with van der Waals surface area (Å²) in [4.78, 5) is 12.4. The van der Waals surface area contributed by atoms with Gasteiger partial charge in [0.15, 0.2) is 11.5 Å². The molecule has 3 rings (SSSR count). The summed E-state index contributed by atoms with van der Waals surface area (Å²) in [5, 5.41) is 12.1. The van der Waals surface area contributed by atoms with Crippen molar-refractivity contribution in [1.29, 1.82) is 5.26 Å². The number of nitriles is 1. The third-order valence-electron chi connectivity index (χ3n) is 4.88. The van der Waals surface area contributed by atoms with E-state index >= 15 is 0 Å². The second kappa shape index (κ2) is 12.2. The highest BCUT2D eigenvalue weighted by atomic mass is 16.5. The van der Waals surface area contributed by atoms with Crippen molar-refractivity contribution < 1.29 is 23.4 Å². The number of rotatable bonds is 11. The lowest BCUT2D eigenvalue weighted by Gasteiger charge is -2.14. The topological polar surface area (TPSA) is 93.7 Å². The number of nitrogens with one attached hydrogen (secondary N) is 1. The molecule has 2 aromatic carbocycles. The first kappa shape index (κ1) is 24.5. The summed E-state index contributed by atoms with van der Waals surface area (Å²) in [6.45, 7) is 7.28. The highest BCUT2D eigenvalue weighted by Crippen LogP contribution is 2.29. The summed E-state index contributed by atoms with van der Waals surface area (Å²) in [5.41, 5.74) is 2.88. The van der Waals surface area contributed by atoms with Crippen molar-refractivity contribution in [2.45, 2.75) is 27.3 Å². The van der Waals surface area contributed by atoms with Gasteiger partial charge < -0.3 is 23.9 Å². The third kappa shape index (κ3) is 6.91. The molecule has 1 heterocycles. The van der Waals surface area contributed by atoms with Crippen molar-refractivity contribution in [2.75, 3.05) is 19.8 Å². The van der Waals surface area contributed by atoms with Crippen LogP contribution in [0.4, 0.5) is 0 Å². The van der Waals surface area contributed by atoms with Crippen LogP contribution in [0, 0.1) is 25.2 Å². The molecule has 0 saturated carbocycles. The number of nitrogens with zero attached hydrogens (tertiary/aromatic N) is 1. The summed E-state index contributed by atoms with van der Waals surface area (Å²) in [7, 11) is 0. The van der Waals surface area contributed by atoms with Crippen molar-refractivity contribution in [2.24, 2.45) is 0 Å². The van der Waals surface area contributed by atoms with Gasteiger partial charge in [0.05, 0.1) is 19.4 Å². The smallest absolute Gasteiger partial charge is 0.262 e. The summed E-state index contributed by atoms with van der Waals surface area (Å²) in [6.07, 6.45) is 3.03. The number of benzene rings is 2. The number of hydrogen-bond donors (Lipinski definition) is 1. The Kier molecular flexibility index (Phi) is 8.75. The average Bonchev–Trinajstić information content (AvgIpc) is 3.35. The maximum absolute atomic E-state index is 12.4. The van der Waals surface area contributed by atoms with Crippen LogP contribution in [0.15, 0.2) is 64.8 Å². The van der Waals surface area contributed by atoms with Crippen molar-refractivity contribution in [3.8, 4) is 23.3 Å². The number of amides is 1. The molecule has 0 aliphatic rings. The molecule has 7 nitrogen and oxygen atoms in total. The Morgan fingerprint density at radius 1 is 1.03 bits per heavy atom. The zero-order valence-corrected chi connectivity index (χ0v) is 19.6. The van der Waals surface area contributed by atoms with E-state index in [1.807, 2.05) is 39.0 Å². The van der Waals surface area contributed by atoms with E-state index in [4.69, 9.17) is 18.6 Å². The molecule has 0 atom stereocenters. The Hall–Kier alpha value is -4.18. The van der Waals surface area contributed by atoms with Gasteiger partial charge in [-0.2, -0.15) is 5.26 Å². The lowest BCUT2D eigenvalue weighted by atomic mass is 10.1. The fourth-order valence-corrected chi connectivity index (χ4v) is 3.26. The molecule has 0 spiro atoms. The largest absolute Gasteiger partial charge is 0.490 e. The van der Waals surface area contributed by atoms with E-state index in [2.05, 4.69) is 11.4 Å². The Morgan fingerprint density at radius 2 is 1.79 bits per heavy atom. The maximum Gasteiger partial charge on any atom is 0.262 e. The van der Waals surface area contributed by atoms with Gasteiger partial charge in [-0.15, -0.1) is 0 Å². The Bertz CT molecular complexity index is 1180. The molecule has 0 aliphatic carbocycles. The molecule has 0 aliphatic heterocycles. The van der Waals surface area contributed by atoms with Gasteiger partial charge in [-0.05, 0) is 68.3 Å². The van der Waals surface area contributed by atoms with Crippen LogP contribution < -0.4 is 19.5 Å². The molecule has 1 aromatic heterocycles. The van der Waals surface area contributed by atoms with Gasteiger partial charge in [0.1, 0.15) is 36.4 Å². The first-order chi connectivity index (χ1) is 16.5. The highest BCUT2D eigenvalue weighted by molar-refractivity contribution is 6.01. The van der Waals surface area contributed by atoms with Gasteiger partial charge in [-0.25, -0.2) is 0 Å². The summed E-state index contributed by atoms with van der Waals surface area (Å²) >= 11 is 0. The number of aryl methyl sites for hydroxylation is 2. The third-order valence-corrected chi connectivity index (χ3v) is 4.88. The molecule has 0 fully saturated rings. The number of furan rings is 1. The lowest BCUT2D eigenvalue weighted by molar-refractivity contribution is -0.117. The number of hydrogen-bond acceptors (Lipinski definition) is 6. The minimum absolute atomic E-state index is 0.0236. The van der Waals surface area contributed by atoms with Gasteiger partial charge in [0.2, 0.25) is 0 Å². The van der Waals surface area contributed by atoms with Crippen LogP contribution in [0.5, 0.6) is 17.2 Å². The standard InChI is InChI=1S/C27H28N2O5/c1-4-31-26-16-21(15-22(17-28)27(30)29-18-23-6-5-11-32-23)8-10-25(26)34-13-12-33-24-9-7-19(2)14-20(24)3/h5-11,14-16H,4,12-13,18H2,1-3H3,(H,29,30)/b22-15+. The van der Waals surface area contributed by atoms with E-state index in [9.17, 15) is 10.1 Å².